The maximum absolute atomic E-state index is 9.16. The van der Waals surface area contributed by atoms with Gasteiger partial charge in [-0.05, 0) is 0 Å². The van der Waals surface area contributed by atoms with Crippen molar-refractivity contribution in [2.45, 2.75) is 24.5 Å². The van der Waals surface area contributed by atoms with Crippen LogP contribution in [0.1, 0.15) is 6.23 Å². The first-order valence-electron chi connectivity index (χ1n) is 5.64. The largest absolute Gasteiger partial charge is 0.394 e. The van der Waals surface area contributed by atoms with Gasteiger partial charge in [0.2, 0.25) is 0 Å². The summed E-state index contributed by atoms with van der Waals surface area (Å²) < 4.78 is 12.9. The van der Waals surface area contributed by atoms with E-state index in [1.807, 2.05) is 0 Å². The van der Waals surface area contributed by atoms with Gasteiger partial charge in [0.15, 0.2) is 17.7 Å². The third kappa shape index (κ3) is 1.22. The zero-order chi connectivity index (χ0) is 12.3. The second kappa shape index (κ2) is 3.37. The van der Waals surface area contributed by atoms with Gasteiger partial charge in [0.25, 0.3) is 0 Å². The predicted octanol–water partition coefficient (Wildman–Crippen LogP) is -0.934. The van der Waals surface area contributed by atoms with Gasteiger partial charge in [-0.15, -0.1) is 0 Å². The summed E-state index contributed by atoms with van der Waals surface area (Å²) in [6.07, 6.45) is 2.33. The van der Waals surface area contributed by atoms with Crippen LogP contribution in [0.25, 0.3) is 11.2 Å². The summed E-state index contributed by atoms with van der Waals surface area (Å²) in [6.45, 7) is -0.0541. The lowest BCUT2D eigenvalue weighted by Gasteiger charge is -2.17. The third-order valence-corrected chi connectivity index (χ3v) is 3.36. The maximum Gasteiger partial charge on any atom is 0.167 e. The Morgan fingerprint density at radius 2 is 2.17 bits per heavy atom. The molecule has 2 saturated heterocycles. The first-order chi connectivity index (χ1) is 8.79. The van der Waals surface area contributed by atoms with Crippen LogP contribution in [-0.2, 0) is 9.47 Å². The molecule has 94 valence electrons. The zero-order valence-electron chi connectivity index (χ0n) is 9.30. The third-order valence-electron chi connectivity index (χ3n) is 3.36. The number of epoxide rings is 1. The van der Waals surface area contributed by atoms with Gasteiger partial charge in [0, 0.05) is 0 Å². The summed E-state index contributed by atoms with van der Waals surface area (Å²) in [5.74, 6) is 0.337. The van der Waals surface area contributed by atoms with E-state index in [4.69, 9.17) is 20.3 Å². The van der Waals surface area contributed by atoms with E-state index < -0.39 is 0 Å². The van der Waals surface area contributed by atoms with Crippen LogP contribution in [0.15, 0.2) is 12.7 Å². The van der Waals surface area contributed by atoms with Gasteiger partial charge >= 0.3 is 0 Å². The predicted molar refractivity (Wildman–Crippen MR) is 59.4 cm³/mol. The number of imidazole rings is 1. The van der Waals surface area contributed by atoms with E-state index >= 15 is 0 Å². The van der Waals surface area contributed by atoms with Crippen LogP contribution in [0.3, 0.4) is 0 Å². The summed E-state index contributed by atoms with van der Waals surface area (Å²) >= 11 is 0. The Morgan fingerprint density at radius 3 is 2.94 bits per heavy atom. The monoisotopic (exact) mass is 249 g/mol. The molecule has 0 amide bonds. The molecule has 0 radical (unpaired) electrons. The second-order valence-electron chi connectivity index (χ2n) is 4.40. The average molecular weight is 249 g/mol. The lowest BCUT2D eigenvalue weighted by atomic mass is 10.2. The number of nitrogens with zero attached hydrogens (tertiary/aromatic N) is 4. The topological polar surface area (TPSA) is 112 Å². The number of hydrogen-bond donors (Lipinski definition) is 2. The molecule has 3 N–H and O–H groups in total. The Hall–Kier alpha value is -1.77. The quantitative estimate of drug-likeness (QED) is 0.661. The Labute approximate surface area is 101 Å². The van der Waals surface area contributed by atoms with E-state index in [2.05, 4.69) is 15.0 Å². The highest BCUT2D eigenvalue weighted by Gasteiger charge is 2.58. The Kier molecular flexibility index (Phi) is 1.91. The van der Waals surface area contributed by atoms with Crippen molar-refractivity contribution < 1.29 is 14.6 Å². The Balaban J connectivity index is 1.78. The highest BCUT2D eigenvalue weighted by atomic mass is 16.7. The van der Waals surface area contributed by atoms with Crippen molar-refractivity contribution in [3.8, 4) is 0 Å². The highest BCUT2D eigenvalue weighted by molar-refractivity contribution is 5.81. The smallest absolute Gasteiger partial charge is 0.167 e. The average Bonchev–Trinajstić information content (AvgIpc) is 2.91. The first kappa shape index (κ1) is 10.2. The van der Waals surface area contributed by atoms with E-state index in [9.17, 15) is 0 Å². The van der Waals surface area contributed by atoms with Crippen LogP contribution < -0.4 is 5.73 Å². The molecular weight excluding hydrogens is 238 g/mol. The fourth-order valence-corrected chi connectivity index (χ4v) is 2.43. The van der Waals surface area contributed by atoms with Crippen LogP contribution in [0.4, 0.5) is 5.82 Å². The molecule has 2 aromatic rings. The zero-order valence-corrected chi connectivity index (χ0v) is 9.30. The summed E-state index contributed by atoms with van der Waals surface area (Å²) in [7, 11) is 0. The lowest BCUT2D eigenvalue weighted by Crippen LogP contribution is -2.22. The minimum Gasteiger partial charge on any atom is -0.394 e. The molecule has 2 aliphatic rings. The molecule has 18 heavy (non-hydrogen) atoms. The van der Waals surface area contributed by atoms with E-state index in [-0.39, 0.29) is 31.1 Å². The van der Waals surface area contributed by atoms with Crippen molar-refractivity contribution in [3.63, 3.8) is 0 Å². The van der Waals surface area contributed by atoms with Crippen molar-refractivity contribution in [3.05, 3.63) is 12.7 Å². The number of ether oxygens (including phenoxy) is 2. The van der Waals surface area contributed by atoms with Gasteiger partial charge in [0.05, 0.1) is 12.9 Å². The molecule has 0 spiro atoms. The molecule has 0 aliphatic carbocycles. The molecule has 2 aliphatic heterocycles. The molecule has 0 bridgehead atoms. The molecule has 4 heterocycles. The Bertz CT molecular complexity index is 615. The van der Waals surface area contributed by atoms with E-state index in [1.54, 1.807) is 10.9 Å². The normalized spacial score (nSPS) is 33.8. The van der Waals surface area contributed by atoms with Crippen LogP contribution in [0.2, 0.25) is 0 Å². The number of anilines is 1. The second-order valence-corrected chi connectivity index (χ2v) is 4.40. The van der Waals surface area contributed by atoms with Gasteiger partial charge in [-0.1, -0.05) is 0 Å². The first-order valence-corrected chi connectivity index (χ1v) is 5.64. The molecule has 0 saturated carbocycles. The fourth-order valence-electron chi connectivity index (χ4n) is 2.43. The van der Waals surface area contributed by atoms with Crippen LogP contribution >= 0.6 is 0 Å². The SMILES string of the molecule is Nc1ncnc2c1ncn2[C@@H]1O[C@H](CO)[C@H]2O[C@@H]21. The van der Waals surface area contributed by atoms with Crippen molar-refractivity contribution in [1.29, 1.82) is 0 Å². The number of aliphatic hydroxyl groups is 1. The van der Waals surface area contributed by atoms with E-state index in [0.29, 0.717) is 17.0 Å². The summed E-state index contributed by atoms with van der Waals surface area (Å²) in [6, 6.07) is 0. The van der Waals surface area contributed by atoms with Gasteiger partial charge in [-0.2, -0.15) is 0 Å². The van der Waals surface area contributed by atoms with Gasteiger partial charge < -0.3 is 20.3 Å². The van der Waals surface area contributed by atoms with Crippen LogP contribution in [0.5, 0.6) is 0 Å². The van der Waals surface area contributed by atoms with Crippen LogP contribution in [-0.4, -0.2) is 49.5 Å². The van der Waals surface area contributed by atoms with Gasteiger partial charge in [0.1, 0.15) is 30.2 Å². The number of aliphatic hydroxyl groups excluding tert-OH is 1. The number of nitrogens with two attached hydrogens (primary N) is 1. The van der Waals surface area contributed by atoms with E-state index in [0.717, 1.165) is 0 Å². The minimum atomic E-state index is -0.313. The summed E-state index contributed by atoms with van der Waals surface area (Å²) in [5, 5.41) is 9.16. The number of hydrogen-bond acceptors (Lipinski definition) is 7. The van der Waals surface area contributed by atoms with Crippen molar-refractivity contribution in [2.24, 2.45) is 0 Å². The van der Waals surface area contributed by atoms with Crippen LogP contribution in [0, 0.1) is 0 Å². The summed E-state index contributed by atoms with van der Waals surface area (Å²) in [4.78, 5) is 12.2. The molecule has 2 fully saturated rings. The molecule has 8 nitrogen and oxygen atoms in total. The molecular formula is C10H11N5O3. The number of rotatable bonds is 2. The number of fused-ring (bicyclic) bond motifs is 2. The standard InChI is InChI=1S/C10H11N5O3/c11-8-5-9(13-2-12-8)15(3-14-5)10-7-6(18-7)4(1-16)17-10/h2-4,6-7,10,16H,1H2,(H2,11,12,13)/t4-,6-,7+,10-/m1/s1. The minimum absolute atomic E-state index is 0.0309. The molecule has 0 aromatic carbocycles. The Morgan fingerprint density at radius 1 is 1.28 bits per heavy atom. The number of nitrogen functional groups attached to an aromatic ring is 1. The molecule has 4 rings (SSSR count). The maximum atomic E-state index is 9.16. The number of aromatic nitrogens is 4. The fraction of sp³-hybridized carbons (Fsp3) is 0.500. The van der Waals surface area contributed by atoms with Crippen molar-refractivity contribution >= 4 is 17.0 Å². The highest BCUT2D eigenvalue weighted by Crippen LogP contribution is 2.45. The molecule has 0 unspecified atom stereocenters. The van der Waals surface area contributed by atoms with Gasteiger partial charge in [-0.3, -0.25) is 4.57 Å². The molecule has 8 heteroatoms. The summed E-state index contributed by atoms with van der Waals surface area (Å²) in [5.41, 5.74) is 6.89. The lowest BCUT2D eigenvalue weighted by molar-refractivity contribution is -0.0823. The van der Waals surface area contributed by atoms with Crippen molar-refractivity contribution in [1.82, 2.24) is 19.5 Å². The van der Waals surface area contributed by atoms with Gasteiger partial charge in [-0.25, -0.2) is 15.0 Å². The van der Waals surface area contributed by atoms with Crippen molar-refractivity contribution in [2.75, 3.05) is 12.3 Å². The molecule has 2 aromatic heterocycles. The molecule has 4 atom stereocenters. The van der Waals surface area contributed by atoms with E-state index in [1.165, 1.54) is 6.33 Å².